The monoisotopic (exact) mass is 224 g/mol. The lowest BCUT2D eigenvalue weighted by atomic mass is 9.82. The third-order valence-corrected chi connectivity index (χ3v) is 3.09. The van der Waals surface area contributed by atoms with Gasteiger partial charge in [-0.05, 0) is 24.7 Å². The summed E-state index contributed by atoms with van der Waals surface area (Å²) in [6, 6.07) is 0. The molecule has 0 amide bonds. The Morgan fingerprint density at radius 1 is 1.14 bits per heavy atom. The minimum absolute atomic E-state index is 0.493. The predicted octanol–water partition coefficient (Wildman–Crippen LogP) is 1.74. The van der Waals surface area contributed by atoms with Crippen LogP contribution in [-0.2, 0) is 15.0 Å². The van der Waals surface area contributed by atoms with E-state index < -0.39 is 10.2 Å². The summed E-state index contributed by atoms with van der Waals surface area (Å²) in [6.07, 6.45) is 4.36. The molecule has 3 nitrogen and oxygen atoms in total. The first-order valence-electron chi connectivity index (χ1n) is 4.84. The van der Waals surface area contributed by atoms with Gasteiger partial charge < -0.3 is 4.74 Å². The summed E-state index contributed by atoms with van der Waals surface area (Å²) in [5, 5.41) is 0. The first-order chi connectivity index (χ1) is 6.29. The third kappa shape index (κ3) is 3.20. The van der Waals surface area contributed by atoms with Crippen molar-refractivity contribution in [3.05, 3.63) is 0 Å². The van der Waals surface area contributed by atoms with Crippen LogP contribution < -0.4 is 0 Å². The van der Waals surface area contributed by atoms with E-state index in [1.807, 2.05) is 0 Å². The van der Waals surface area contributed by atoms with E-state index in [0.717, 1.165) is 11.8 Å². The number of hydrogen-bond acceptors (Lipinski definition) is 3. The molecule has 2 fully saturated rings. The molecule has 5 heteroatoms. The molecular formula is C9H17FO3S. The second-order valence-corrected chi connectivity index (χ2v) is 5.55. The van der Waals surface area contributed by atoms with E-state index >= 15 is 0 Å². The lowest BCUT2D eigenvalue weighted by Gasteiger charge is -2.19. The summed E-state index contributed by atoms with van der Waals surface area (Å²) >= 11 is 0. The van der Waals surface area contributed by atoms with Crippen molar-refractivity contribution in [2.45, 2.75) is 38.9 Å². The molecule has 2 aliphatic rings. The van der Waals surface area contributed by atoms with E-state index in [0.29, 0.717) is 18.5 Å². The molecule has 4 unspecified atom stereocenters. The Kier molecular flexibility index (Phi) is 3.53. The Morgan fingerprint density at radius 3 is 1.57 bits per heavy atom. The van der Waals surface area contributed by atoms with Crippen molar-refractivity contribution in [2.24, 2.45) is 11.8 Å². The van der Waals surface area contributed by atoms with Gasteiger partial charge in [0.1, 0.15) is 0 Å². The van der Waals surface area contributed by atoms with Gasteiger partial charge in [-0.2, -0.15) is 8.42 Å². The minimum Gasteiger partial charge on any atom is -0.374 e. The molecule has 0 saturated carbocycles. The molecule has 4 atom stereocenters. The van der Waals surface area contributed by atoms with Crippen LogP contribution in [0.25, 0.3) is 0 Å². The van der Waals surface area contributed by atoms with Crippen LogP contribution in [0.3, 0.4) is 0 Å². The first-order valence-corrected chi connectivity index (χ1v) is 6.63. The molecule has 2 bridgehead atoms. The van der Waals surface area contributed by atoms with Gasteiger partial charge in [0.2, 0.25) is 0 Å². The topological polar surface area (TPSA) is 43.4 Å². The van der Waals surface area contributed by atoms with Gasteiger partial charge in [-0.1, -0.05) is 13.8 Å². The minimum atomic E-state index is -4.17. The van der Waals surface area contributed by atoms with Crippen molar-refractivity contribution in [3.8, 4) is 0 Å². The van der Waals surface area contributed by atoms with Gasteiger partial charge in [0.25, 0.3) is 10.2 Å². The van der Waals surface area contributed by atoms with E-state index in [9.17, 15) is 3.89 Å². The highest BCUT2D eigenvalue weighted by Crippen LogP contribution is 2.42. The predicted molar refractivity (Wildman–Crippen MR) is 52.2 cm³/mol. The van der Waals surface area contributed by atoms with Crippen LogP contribution in [0.5, 0.6) is 0 Å². The Bertz CT molecular complexity index is 262. The van der Waals surface area contributed by atoms with Crippen molar-refractivity contribution in [2.75, 3.05) is 6.26 Å². The van der Waals surface area contributed by atoms with Gasteiger partial charge in [-0.15, -0.1) is 3.89 Å². The number of halogens is 1. The summed E-state index contributed by atoms with van der Waals surface area (Å²) < 4.78 is 34.3. The Labute approximate surface area is 84.9 Å². The number of rotatable bonds is 0. The molecule has 2 aliphatic heterocycles. The lowest BCUT2D eigenvalue weighted by molar-refractivity contribution is 0.0897. The fourth-order valence-corrected chi connectivity index (χ4v) is 2.14. The molecule has 0 aromatic heterocycles. The molecule has 2 rings (SSSR count). The lowest BCUT2D eigenvalue weighted by Crippen LogP contribution is -2.21. The molecule has 0 aliphatic carbocycles. The maximum atomic E-state index is 10.7. The van der Waals surface area contributed by atoms with Crippen molar-refractivity contribution >= 4 is 10.2 Å². The Morgan fingerprint density at radius 2 is 1.43 bits per heavy atom. The van der Waals surface area contributed by atoms with Crippen LogP contribution in [0.4, 0.5) is 3.89 Å². The zero-order valence-corrected chi connectivity index (χ0v) is 9.55. The Balaban J connectivity index is 0.000000171. The Hall–Kier alpha value is -0.160. The SMILES string of the molecule is CC1C2CCC(O2)C1C.CS(=O)(=O)F. The van der Waals surface area contributed by atoms with Crippen molar-refractivity contribution < 1.29 is 17.0 Å². The largest absolute Gasteiger partial charge is 0.374 e. The third-order valence-electron chi connectivity index (χ3n) is 3.09. The van der Waals surface area contributed by atoms with E-state index in [2.05, 4.69) is 13.8 Å². The van der Waals surface area contributed by atoms with Gasteiger partial charge in [-0.3, -0.25) is 0 Å². The van der Waals surface area contributed by atoms with Gasteiger partial charge in [0, 0.05) is 0 Å². The fourth-order valence-electron chi connectivity index (χ4n) is 2.14. The van der Waals surface area contributed by atoms with Gasteiger partial charge in [0.15, 0.2) is 0 Å². The molecule has 0 N–H and O–H groups in total. The van der Waals surface area contributed by atoms with E-state index in [1.165, 1.54) is 12.8 Å². The summed E-state index contributed by atoms with van der Waals surface area (Å²) in [7, 11) is -4.17. The van der Waals surface area contributed by atoms with Crippen LogP contribution in [-0.4, -0.2) is 26.9 Å². The number of fused-ring (bicyclic) bond motifs is 2. The molecule has 84 valence electrons. The number of ether oxygens (including phenoxy) is 1. The average molecular weight is 224 g/mol. The van der Waals surface area contributed by atoms with Crippen LogP contribution >= 0.6 is 0 Å². The smallest absolute Gasteiger partial charge is 0.299 e. The number of hydrogen-bond donors (Lipinski definition) is 0. The second-order valence-electron chi connectivity index (χ2n) is 4.19. The summed E-state index contributed by atoms with van der Waals surface area (Å²) in [4.78, 5) is 0. The molecular weight excluding hydrogens is 207 g/mol. The first kappa shape index (κ1) is 11.9. The van der Waals surface area contributed by atoms with Crippen molar-refractivity contribution in [1.29, 1.82) is 0 Å². The average Bonchev–Trinajstić information content (AvgIpc) is 2.52. The van der Waals surface area contributed by atoms with Crippen LogP contribution in [0.2, 0.25) is 0 Å². The van der Waals surface area contributed by atoms with E-state index in [-0.39, 0.29) is 0 Å². The van der Waals surface area contributed by atoms with Gasteiger partial charge in [-0.25, -0.2) is 0 Å². The second kappa shape index (κ2) is 4.14. The molecule has 0 aromatic carbocycles. The van der Waals surface area contributed by atoms with Gasteiger partial charge in [0.05, 0.1) is 18.5 Å². The zero-order chi connectivity index (χ0) is 10.9. The molecule has 0 spiro atoms. The molecule has 0 radical (unpaired) electrons. The van der Waals surface area contributed by atoms with Crippen molar-refractivity contribution in [1.82, 2.24) is 0 Å². The molecule has 14 heavy (non-hydrogen) atoms. The van der Waals surface area contributed by atoms with Crippen LogP contribution in [0.1, 0.15) is 26.7 Å². The molecule has 0 aromatic rings. The van der Waals surface area contributed by atoms with Crippen LogP contribution in [0.15, 0.2) is 0 Å². The molecule has 2 heterocycles. The fraction of sp³-hybridized carbons (Fsp3) is 1.00. The van der Waals surface area contributed by atoms with E-state index in [4.69, 9.17) is 13.2 Å². The van der Waals surface area contributed by atoms with E-state index in [1.54, 1.807) is 0 Å². The maximum Gasteiger partial charge on any atom is 0.299 e. The summed E-state index contributed by atoms with van der Waals surface area (Å²) in [6.45, 7) is 4.63. The highest BCUT2D eigenvalue weighted by molar-refractivity contribution is 7.85. The molecule has 2 saturated heterocycles. The summed E-state index contributed by atoms with van der Waals surface area (Å²) in [5.41, 5.74) is 0. The van der Waals surface area contributed by atoms with Gasteiger partial charge >= 0.3 is 0 Å². The zero-order valence-electron chi connectivity index (χ0n) is 8.73. The highest BCUT2D eigenvalue weighted by Gasteiger charge is 2.43. The van der Waals surface area contributed by atoms with Crippen molar-refractivity contribution in [3.63, 3.8) is 0 Å². The quantitative estimate of drug-likeness (QED) is 0.589. The normalized spacial score (nSPS) is 40.6. The summed E-state index contributed by atoms with van der Waals surface area (Å²) in [5.74, 6) is 1.65. The standard InChI is InChI=1S/C8H14O.CH3FO2S/c1-5-6(2)8-4-3-7(5)9-8;1-5(2,3)4/h5-8H,3-4H2,1-2H3;1H3. The van der Waals surface area contributed by atoms with Crippen LogP contribution in [0, 0.1) is 11.8 Å². The highest BCUT2D eigenvalue weighted by atomic mass is 32.3. The maximum absolute atomic E-state index is 10.7.